The lowest BCUT2D eigenvalue weighted by molar-refractivity contribution is -0.874. The van der Waals surface area contributed by atoms with Gasteiger partial charge in [-0.25, -0.2) is 0 Å². The van der Waals surface area contributed by atoms with Crippen LogP contribution in [0, 0.1) is 5.92 Å². The Bertz CT molecular complexity index is 128. The summed E-state index contributed by atoms with van der Waals surface area (Å²) in [4.78, 5) is 0. The molecule has 0 radical (unpaired) electrons. The molecule has 0 aromatic carbocycles. The zero-order valence-electron chi connectivity index (χ0n) is 7.88. The van der Waals surface area contributed by atoms with Crippen molar-refractivity contribution < 1.29 is 9.59 Å². The first-order chi connectivity index (χ1) is 4.99. The molecule has 2 heteroatoms. The molecule has 2 nitrogen and oxygen atoms in total. The van der Waals surface area contributed by atoms with Gasteiger partial charge >= 0.3 is 0 Å². The van der Waals surface area contributed by atoms with E-state index >= 15 is 0 Å². The summed E-state index contributed by atoms with van der Waals surface area (Å²) in [6.07, 6.45) is 3.43. The lowest BCUT2D eigenvalue weighted by atomic mass is 10.1. The van der Waals surface area contributed by atoms with E-state index < -0.39 is 0 Å². The first-order valence-corrected chi connectivity index (χ1v) is 4.47. The molecule has 0 unspecified atom stereocenters. The summed E-state index contributed by atoms with van der Waals surface area (Å²) in [5.41, 5.74) is 0. The maximum absolute atomic E-state index is 9.54. The molecule has 1 saturated carbocycles. The summed E-state index contributed by atoms with van der Waals surface area (Å²) in [5.74, 6) is 0.551. The summed E-state index contributed by atoms with van der Waals surface area (Å²) in [5, 5.41) is 9.54. The largest absolute Gasteiger partial charge is 0.393 e. The molecule has 1 aliphatic carbocycles. The molecule has 2 atom stereocenters. The highest BCUT2D eigenvalue weighted by Crippen LogP contribution is 2.26. The molecule has 0 aliphatic heterocycles. The smallest absolute Gasteiger partial charge is 0.0834 e. The molecule has 0 bridgehead atoms. The van der Waals surface area contributed by atoms with Gasteiger partial charge in [0.2, 0.25) is 0 Å². The van der Waals surface area contributed by atoms with E-state index in [2.05, 4.69) is 21.1 Å². The third-order valence-corrected chi connectivity index (χ3v) is 2.40. The third-order valence-electron chi connectivity index (χ3n) is 2.40. The second-order valence-corrected chi connectivity index (χ2v) is 4.73. The lowest BCUT2D eigenvalue weighted by Gasteiger charge is -2.28. The Kier molecular flexibility index (Phi) is 2.55. The van der Waals surface area contributed by atoms with E-state index in [1.54, 1.807) is 0 Å². The molecule has 1 aliphatic rings. The van der Waals surface area contributed by atoms with Crippen LogP contribution in [0.3, 0.4) is 0 Å². The second kappa shape index (κ2) is 3.11. The standard InChI is InChI=1S/C9H20NO/c1-10(2,3)7-8-5-4-6-9(8)11/h8-9,11H,4-7H2,1-3H3/q+1/t8-,9-/m0/s1. The van der Waals surface area contributed by atoms with Crippen LogP contribution in [0.5, 0.6) is 0 Å². The molecule has 1 rings (SSSR count). The number of nitrogens with zero attached hydrogens (tertiary/aromatic N) is 1. The molecule has 1 N–H and O–H groups in total. The number of quaternary nitrogens is 1. The van der Waals surface area contributed by atoms with E-state index in [0.717, 1.165) is 17.4 Å². The van der Waals surface area contributed by atoms with Gasteiger partial charge in [-0.15, -0.1) is 0 Å². The topological polar surface area (TPSA) is 20.2 Å². The van der Waals surface area contributed by atoms with Crippen LogP contribution in [0.1, 0.15) is 19.3 Å². The highest BCUT2D eigenvalue weighted by Gasteiger charge is 2.29. The lowest BCUT2D eigenvalue weighted by Crippen LogP contribution is -2.41. The summed E-state index contributed by atoms with van der Waals surface area (Å²) in [6.45, 7) is 1.11. The molecular formula is C9H20NO+. The van der Waals surface area contributed by atoms with Gasteiger partial charge in [-0.05, 0) is 12.8 Å². The fourth-order valence-electron chi connectivity index (χ4n) is 1.93. The molecule has 0 spiro atoms. The van der Waals surface area contributed by atoms with Crippen molar-refractivity contribution in [3.05, 3.63) is 0 Å². The Morgan fingerprint density at radius 3 is 2.27 bits per heavy atom. The predicted molar refractivity (Wildman–Crippen MR) is 46.2 cm³/mol. The summed E-state index contributed by atoms with van der Waals surface area (Å²) < 4.78 is 0.974. The Hall–Kier alpha value is -0.0800. The summed E-state index contributed by atoms with van der Waals surface area (Å²) >= 11 is 0. The summed E-state index contributed by atoms with van der Waals surface area (Å²) in [7, 11) is 6.56. The molecule has 1 fully saturated rings. The van der Waals surface area contributed by atoms with Crippen molar-refractivity contribution in [1.82, 2.24) is 0 Å². The van der Waals surface area contributed by atoms with Crippen LogP contribution in [-0.2, 0) is 0 Å². The van der Waals surface area contributed by atoms with Gasteiger partial charge in [0, 0.05) is 5.92 Å². The number of aliphatic hydroxyl groups excluding tert-OH is 1. The molecule has 66 valence electrons. The minimum absolute atomic E-state index is 0.0210. The molecule has 11 heavy (non-hydrogen) atoms. The van der Waals surface area contributed by atoms with Crippen LogP contribution < -0.4 is 0 Å². The highest BCUT2D eigenvalue weighted by molar-refractivity contribution is 4.75. The van der Waals surface area contributed by atoms with E-state index in [9.17, 15) is 5.11 Å². The zero-order chi connectivity index (χ0) is 8.48. The Labute approximate surface area is 69.4 Å². The number of rotatable bonds is 2. The van der Waals surface area contributed by atoms with E-state index in [1.807, 2.05) is 0 Å². The first kappa shape index (κ1) is 9.01. The SMILES string of the molecule is C[N+](C)(C)C[C@@H]1CCC[C@@H]1O. The average molecular weight is 158 g/mol. The van der Waals surface area contributed by atoms with E-state index in [-0.39, 0.29) is 6.10 Å². The van der Waals surface area contributed by atoms with Crippen molar-refractivity contribution in [3.8, 4) is 0 Å². The van der Waals surface area contributed by atoms with Gasteiger partial charge in [-0.3, -0.25) is 0 Å². The van der Waals surface area contributed by atoms with Crippen LogP contribution in [0.25, 0.3) is 0 Å². The van der Waals surface area contributed by atoms with Crippen LogP contribution in [0.15, 0.2) is 0 Å². The third kappa shape index (κ3) is 2.80. The molecule has 0 aromatic rings. The van der Waals surface area contributed by atoms with Crippen LogP contribution in [0.4, 0.5) is 0 Å². The number of hydrogen-bond donors (Lipinski definition) is 1. The van der Waals surface area contributed by atoms with Gasteiger partial charge in [-0.2, -0.15) is 0 Å². The zero-order valence-corrected chi connectivity index (χ0v) is 7.88. The maximum atomic E-state index is 9.54. The van der Waals surface area contributed by atoms with Crippen molar-refractivity contribution in [2.24, 2.45) is 5.92 Å². The van der Waals surface area contributed by atoms with Gasteiger partial charge in [-0.1, -0.05) is 6.42 Å². The van der Waals surface area contributed by atoms with Gasteiger partial charge in [0.1, 0.15) is 0 Å². The fourth-order valence-corrected chi connectivity index (χ4v) is 1.93. The molecule has 0 amide bonds. The van der Waals surface area contributed by atoms with Gasteiger partial charge in [0.05, 0.1) is 33.8 Å². The normalized spacial score (nSPS) is 32.7. The van der Waals surface area contributed by atoms with Crippen molar-refractivity contribution in [2.75, 3.05) is 27.7 Å². The van der Waals surface area contributed by atoms with Gasteiger partial charge in [0.15, 0.2) is 0 Å². The minimum Gasteiger partial charge on any atom is -0.393 e. The quantitative estimate of drug-likeness (QED) is 0.591. The van der Waals surface area contributed by atoms with E-state index in [4.69, 9.17) is 0 Å². The Morgan fingerprint density at radius 1 is 1.27 bits per heavy atom. The second-order valence-electron chi connectivity index (χ2n) is 4.73. The van der Waals surface area contributed by atoms with E-state index in [1.165, 1.54) is 12.8 Å². The highest BCUT2D eigenvalue weighted by atomic mass is 16.3. The van der Waals surface area contributed by atoms with E-state index in [0.29, 0.717) is 5.92 Å². The van der Waals surface area contributed by atoms with Gasteiger partial charge in [0.25, 0.3) is 0 Å². The maximum Gasteiger partial charge on any atom is 0.0834 e. The number of hydrogen-bond acceptors (Lipinski definition) is 1. The van der Waals surface area contributed by atoms with Crippen LogP contribution in [-0.4, -0.2) is 43.4 Å². The van der Waals surface area contributed by atoms with Crippen molar-refractivity contribution in [3.63, 3.8) is 0 Å². The van der Waals surface area contributed by atoms with Crippen LogP contribution in [0.2, 0.25) is 0 Å². The van der Waals surface area contributed by atoms with Gasteiger partial charge < -0.3 is 9.59 Å². The number of aliphatic hydroxyl groups is 1. The molecule has 0 saturated heterocycles. The first-order valence-electron chi connectivity index (χ1n) is 4.47. The van der Waals surface area contributed by atoms with Crippen molar-refractivity contribution in [2.45, 2.75) is 25.4 Å². The summed E-state index contributed by atoms with van der Waals surface area (Å²) in [6, 6.07) is 0. The Balaban J connectivity index is 2.37. The van der Waals surface area contributed by atoms with Crippen molar-refractivity contribution >= 4 is 0 Å². The van der Waals surface area contributed by atoms with Crippen LogP contribution >= 0.6 is 0 Å². The van der Waals surface area contributed by atoms with Crippen molar-refractivity contribution in [1.29, 1.82) is 0 Å². The molecule has 0 heterocycles. The Morgan fingerprint density at radius 2 is 1.91 bits per heavy atom. The average Bonchev–Trinajstić information content (AvgIpc) is 2.12. The fraction of sp³-hybridized carbons (Fsp3) is 1.00. The molecule has 0 aromatic heterocycles. The predicted octanol–water partition coefficient (Wildman–Crippen LogP) is 0.854. The molecular weight excluding hydrogens is 138 g/mol. The monoisotopic (exact) mass is 158 g/mol. The minimum atomic E-state index is -0.0210.